The number of carboxylic acids is 1. The molecular weight excluding hydrogens is 259 g/mol. The van der Waals surface area contributed by atoms with Gasteiger partial charge in [0.25, 0.3) is 0 Å². The minimum Gasteiger partial charge on any atom is -0.481 e. The Morgan fingerprint density at radius 2 is 1.74 bits per heavy atom. The highest BCUT2D eigenvalue weighted by molar-refractivity contribution is 5.70. The van der Waals surface area contributed by atoms with E-state index in [9.17, 15) is 18.0 Å². The standard InChI is InChI=1S/C13H20F3NO2/c14-13(15,16)11-8-9(4-5-10(11)12(18)19)17-6-2-1-3-7-17/h9-11H,1-8H2,(H,18,19). The van der Waals surface area contributed by atoms with Gasteiger partial charge >= 0.3 is 12.1 Å². The Morgan fingerprint density at radius 3 is 2.26 bits per heavy atom. The van der Waals surface area contributed by atoms with Gasteiger partial charge in [-0.1, -0.05) is 6.42 Å². The predicted octanol–water partition coefficient (Wildman–Crippen LogP) is 2.90. The minimum absolute atomic E-state index is 0.0551. The van der Waals surface area contributed by atoms with Crippen LogP contribution in [-0.2, 0) is 4.79 Å². The van der Waals surface area contributed by atoms with Crippen LogP contribution in [0.4, 0.5) is 13.2 Å². The molecule has 1 saturated carbocycles. The van der Waals surface area contributed by atoms with E-state index in [1.54, 1.807) is 0 Å². The molecule has 2 aliphatic rings. The fourth-order valence-electron chi connectivity index (χ4n) is 3.42. The maximum Gasteiger partial charge on any atom is 0.392 e. The molecular formula is C13H20F3NO2. The highest BCUT2D eigenvalue weighted by Gasteiger charge is 2.51. The van der Waals surface area contributed by atoms with E-state index in [0.29, 0.717) is 6.42 Å². The van der Waals surface area contributed by atoms with Crippen molar-refractivity contribution in [2.45, 2.75) is 50.7 Å². The average Bonchev–Trinajstić information content (AvgIpc) is 2.38. The Labute approximate surface area is 110 Å². The van der Waals surface area contributed by atoms with Crippen molar-refractivity contribution in [3.8, 4) is 0 Å². The van der Waals surface area contributed by atoms with E-state index in [0.717, 1.165) is 32.4 Å². The fourth-order valence-corrected chi connectivity index (χ4v) is 3.42. The third-order valence-electron chi connectivity index (χ3n) is 4.47. The van der Waals surface area contributed by atoms with Crippen LogP contribution in [-0.4, -0.2) is 41.3 Å². The van der Waals surface area contributed by atoms with Gasteiger partial charge in [0.2, 0.25) is 0 Å². The molecule has 1 aliphatic carbocycles. The molecule has 1 aliphatic heterocycles. The number of carbonyl (C=O) groups is 1. The summed E-state index contributed by atoms with van der Waals surface area (Å²) in [5.74, 6) is -4.26. The van der Waals surface area contributed by atoms with Crippen LogP contribution in [0.1, 0.15) is 38.5 Å². The number of rotatable bonds is 2. The molecule has 19 heavy (non-hydrogen) atoms. The molecule has 2 fully saturated rings. The summed E-state index contributed by atoms with van der Waals surface area (Å²) < 4.78 is 39.0. The molecule has 2 rings (SSSR count). The van der Waals surface area contributed by atoms with Crippen LogP contribution in [0.2, 0.25) is 0 Å². The first kappa shape index (κ1) is 14.6. The van der Waals surface area contributed by atoms with Crippen molar-refractivity contribution in [2.75, 3.05) is 13.1 Å². The van der Waals surface area contributed by atoms with E-state index >= 15 is 0 Å². The third-order valence-corrected chi connectivity index (χ3v) is 4.47. The second kappa shape index (κ2) is 5.69. The van der Waals surface area contributed by atoms with Crippen molar-refractivity contribution in [1.29, 1.82) is 0 Å². The molecule has 6 heteroatoms. The Balaban J connectivity index is 2.05. The first-order chi connectivity index (χ1) is 8.89. The van der Waals surface area contributed by atoms with Crippen molar-refractivity contribution in [1.82, 2.24) is 4.90 Å². The van der Waals surface area contributed by atoms with Gasteiger partial charge < -0.3 is 10.0 Å². The van der Waals surface area contributed by atoms with Crippen LogP contribution < -0.4 is 0 Å². The summed E-state index contributed by atoms with van der Waals surface area (Å²) in [7, 11) is 0. The van der Waals surface area contributed by atoms with Crippen LogP contribution in [0.25, 0.3) is 0 Å². The summed E-state index contributed by atoms with van der Waals surface area (Å²) in [6, 6.07) is -0.0949. The summed E-state index contributed by atoms with van der Waals surface area (Å²) in [5, 5.41) is 8.95. The molecule has 3 atom stereocenters. The van der Waals surface area contributed by atoms with E-state index in [1.807, 2.05) is 0 Å². The van der Waals surface area contributed by atoms with Crippen LogP contribution in [0.15, 0.2) is 0 Å². The lowest BCUT2D eigenvalue weighted by atomic mass is 9.75. The molecule has 1 heterocycles. The lowest BCUT2D eigenvalue weighted by Gasteiger charge is -2.42. The van der Waals surface area contributed by atoms with Gasteiger partial charge in [0.05, 0.1) is 11.8 Å². The molecule has 1 N–H and O–H groups in total. The fraction of sp³-hybridized carbons (Fsp3) is 0.923. The molecule has 3 nitrogen and oxygen atoms in total. The zero-order chi connectivity index (χ0) is 14.0. The van der Waals surface area contributed by atoms with E-state index in [4.69, 9.17) is 5.11 Å². The largest absolute Gasteiger partial charge is 0.481 e. The average molecular weight is 279 g/mol. The van der Waals surface area contributed by atoms with E-state index < -0.39 is 24.0 Å². The number of halogens is 3. The maximum absolute atomic E-state index is 13.0. The molecule has 0 amide bonds. The molecule has 0 spiro atoms. The molecule has 110 valence electrons. The van der Waals surface area contributed by atoms with Gasteiger partial charge in [0.1, 0.15) is 0 Å². The number of alkyl halides is 3. The van der Waals surface area contributed by atoms with Gasteiger partial charge in [-0.25, -0.2) is 0 Å². The van der Waals surface area contributed by atoms with Gasteiger partial charge in [-0.2, -0.15) is 13.2 Å². The Hall–Kier alpha value is -0.780. The smallest absolute Gasteiger partial charge is 0.392 e. The van der Waals surface area contributed by atoms with E-state index in [1.165, 1.54) is 0 Å². The molecule has 0 bridgehead atoms. The van der Waals surface area contributed by atoms with Crippen LogP contribution >= 0.6 is 0 Å². The zero-order valence-corrected chi connectivity index (χ0v) is 10.8. The Morgan fingerprint density at radius 1 is 1.11 bits per heavy atom. The quantitative estimate of drug-likeness (QED) is 0.845. The van der Waals surface area contributed by atoms with Crippen molar-refractivity contribution in [2.24, 2.45) is 11.8 Å². The van der Waals surface area contributed by atoms with Crippen molar-refractivity contribution >= 4 is 5.97 Å². The topological polar surface area (TPSA) is 40.5 Å². The second-order valence-electron chi connectivity index (χ2n) is 5.66. The second-order valence-corrected chi connectivity index (χ2v) is 5.66. The number of aliphatic carboxylic acids is 1. The predicted molar refractivity (Wildman–Crippen MR) is 63.7 cm³/mol. The summed E-state index contributed by atoms with van der Waals surface area (Å²) in [4.78, 5) is 13.1. The minimum atomic E-state index is -4.41. The summed E-state index contributed by atoms with van der Waals surface area (Å²) in [6.07, 6.45) is -0.531. The number of hydrogen-bond donors (Lipinski definition) is 1. The number of hydrogen-bond acceptors (Lipinski definition) is 2. The SMILES string of the molecule is O=C(O)C1CCC(N2CCCCC2)CC1C(F)(F)F. The number of carboxylic acid groups (broad SMARTS) is 1. The maximum atomic E-state index is 13.0. The molecule has 1 saturated heterocycles. The highest BCUT2D eigenvalue weighted by atomic mass is 19.4. The third kappa shape index (κ3) is 3.41. The summed E-state index contributed by atoms with van der Waals surface area (Å²) >= 11 is 0. The summed E-state index contributed by atoms with van der Waals surface area (Å²) in [5.41, 5.74) is 0. The Bertz CT molecular complexity index is 326. The zero-order valence-electron chi connectivity index (χ0n) is 10.8. The molecule has 0 aromatic carbocycles. The van der Waals surface area contributed by atoms with Gasteiger partial charge in [0.15, 0.2) is 0 Å². The lowest BCUT2D eigenvalue weighted by Crippen LogP contribution is -2.48. The van der Waals surface area contributed by atoms with E-state index in [2.05, 4.69) is 4.90 Å². The highest BCUT2D eigenvalue weighted by Crippen LogP contribution is 2.43. The van der Waals surface area contributed by atoms with Crippen LogP contribution in [0.3, 0.4) is 0 Å². The van der Waals surface area contributed by atoms with Crippen molar-refractivity contribution in [3.63, 3.8) is 0 Å². The number of likely N-dealkylation sites (tertiary alicyclic amines) is 1. The molecule has 0 radical (unpaired) electrons. The lowest BCUT2D eigenvalue weighted by molar-refractivity contribution is -0.208. The normalized spacial score (nSPS) is 34.2. The molecule has 0 aromatic heterocycles. The monoisotopic (exact) mass is 279 g/mol. The summed E-state index contributed by atoms with van der Waals surface area (Å²) in [6.45, 7) is 1.71. The van der Waals surface area contributed by atoms with Gasteiger partial charge in [-0.3, -0.25) is 4.79 Å². The van der Waals surface area contributed by atoms with Crippen molar-refractivity contribution in [3.05, 3.63) is 0 Å². The van der Waals surface area contributed by atoms with Crippen LogP contribution in [0.5, 0.6) is 0 Å². The molecule has 3 unspecified atom stereocenters. The number of piperidine rings is 1. The van der Waals surface area contributed by atoms with E-state index in [-0.39, 0.29) is 18.9 Å². The van der Waals surface area contributed by atoms with Gasteiger partial charge in [0, 0.05) is 6.04 Å². The first-order valence-corrected chi connectivity index (χ1v) is 6.93. The number of nitrogens with zero attached hydrogens (tertiary/aromatic N) is 1. The Kier molecular flexibility index (Phi) is 4.38. The van der Waals surface area contributed by atoms with Crippen LogP contribution in [0, 0.1) is 11.8 Å². The first-order valence-electron chi connectivity index (χ1n) is 6.93. The van der Waals surface area contributed by atoms with Gasteiger partial charge in [-0.05, 0) is 45.2 Å². The van der Waals surface area contributed by atoms with Gasteiger partial charge in [-0.15, -0.1) is 0 Å². The molecule has 0 aromatic rings. The van der Waals surface area contributed by atoms with Crippen molar-refractivity contribution < 1.29 is 23.1 Å².